The lowest BCUT2D eigenvalue weighted by molar-refractivity contribution is 0.672. The zero-order valence-corrected chi connectivity index (χ0v) is 14.2. The van der Waals surface area contributed by atoms with Crippen molar-refractivity contribution in [2.24, 2.45) is 0 Å². The number of pyridine rings is 1. The summed E-state index contributed by atoms with van der Waals surface area (Å²) in [5, 5.41) is 5.55. The SMILES string of the molecule is CCCNCc1cnc(N(C)C(C)c2cccs2)c(C)c1. The van der Waals surface area contributed by atoms with Crippen molar-refractivity contribution >= 4 is 17.2 Å². The molecule has 1 N–H and O–H groups in total. The second kappa shape index (κ2) is 7.57. The van der Waals surface area contributed by atoms with Crippen molar-refractivity contribution < 1.29 is 0 Å². The van der Waals surface area contributed by atoms with E-state index in [1.165, 1.54) is 16.0 Å². The minimum Gasteiger partial charge on any atom is -0.352 e. The molecule has 0 aliphatic rings. The van der Waals surface area contributed by atoms with Crippen LogP contribution in [0.1, 0.15) is 42.3 Å². The van der Waals surface area contributed by atoms with Gasteiger partial charge in [0, 0.05) is 24.7 Å². The fourth-order valence-corrected chi connectivity index (χ4v) is 3.23. The molecule has 4 heteroatoms. The maximum atomic E-state index is 4.68. The van der Waals surface area contributed by atoms with Crippen LogP contribution < -0.4 is 10.2 Å². The Morgan fingerprint density at radius 1 is 1.43 bits per heavy atom. The van der Waals surface area contributed by atoms with Crippen molar-refractivity contribution in [3.05, 3.63) is 45.8 Å². The molecule has 1 atom stereocenters. The zero-order chi connectivity index (χ0) is 15.2. The van der Waals surface area contributed by atoms with Gasteiger partial charge in [0.1, 0.15) is 5.82 Å². The minimum atomic E-state index is 0.347. The van der Waals surface area contributed by atoms with E-state index >= 15 is 0 Å². The second-order valence-corrected chi connectivity index (χ2v) is 6.44. The highest BCUT2D eigenvalue weighted by Gasteiger charge is 2.16. The highest BCUT2D eigenvalue weighted by Crippen LogP contribution is 2.28. The van der Waals surface area contributed by atoms with Gasteiger partial charge in [-0.3, -0.25) is 0 Å². The quantitative estimate of drug-likeness (QED) is 0.779. The molecule has 1 unspecified atom stereocenters. The standard InChI is InChI=1S/C17H25N3S/c1-5-8-18-11-15-10-13(2)17(19-12-15)20(4)14(3)16-7-6-9-21-16/h6-7,9-10,12,14,18H,5,8,11H2,1-4H3. The summed E-state index contributed by atoms with van der Waals surface area (Å²) >= 11 is 1.80. The van der Waals surface area contributed by atoms with Gasteiger partial charge in [0.2, 0.25) is 0 Å². The molecule has 2 rings (SSSR count). The smallest absolute Gasteiger partial charge is 0.131 e. The van der Waals surface area contributed by atoms with Crippen LogP contribution in [-0.4, -0.2) is 18.6 Å². The normalized spacial score (nSPS) is 12.4. The van der Waals surface area contributed by atoms with Crippen LogP contribution in [0.4, 0.5) is 5.82 Å². The van der Waals surface area contributed by atoms with Gasteiger partial charge in [-0.2, -0.15) is 0 Å². The lowest BCUT2D eigenvalue weighted by atomic mass is 10.1. The first kappa shape index (κ1) is 16.0. The summed E-state index contributed by atoms with van der Waals surface area (Å²) in [7, 11) is 2.12. The summed E-state index contributed by atoms with van der Waals surface area (Å²) in [6.45, 7) is 8.50. The molecule has 0 bridgehead atoms. The topological polar surface area (TPSA) is 28.2 Å². The third-order valence-corrected chi connectivity index (χ3v) is 4.78. The van der Waals surface area contributed by atoms with E-state index in [-0.39, 0.29) is 0 Å². The maximum absolute atomic E-state index is 4.68. The van der Waals surface area contributed by atoms with E-state index in [0.29, 0.717) is 6.04 Å². The Morgan fingerprint density at radius 2 is 2.24 bits per heavy atom. The fraction of sp³-hybridized carbons (Fsp3) is 0.471. The Kier molecular flexibility index (Phi) is 5.76. The van der Waals surface area contributed by atoms with Crippen LogP contribution in [0.15, 0.2) is 29.8 Å². The van der Waals surface area contributed by atoms with Crippen LogP contribution in [-0.2, 0) is 6.54 Å². The summed E-state index contributed by atoms with van der Waals surface area (Å²) in [4.78, 5) is 8.30. The molecule has 0 saturated carbocycles. The second-order valence-electron chi connectivity index (χ2n) is 5.46. The number of aryl methyl sites for hydroxylation is 1. The van der Waals surface area contributed by atoms with E-state index in [0.717, 1.165) is 25.3 Å². The van der Waals surface area contributed by atoms with E-state index in [4.69, 9.17) is 0 Å². The van der Waals surface area contributed by atoms with Gasteiger partial charge in [-0.1, -0.05) is 13.0 Å². The summed E-state index contributed by atoms with van der Waals surface area (Å²) in [5.74, 6) is 1.06. The Morgan fingerprint density at radius 3 is 2.86 bits per heavy atom. The van der Waals surface area contributed by atoms with Gasteiger partial charge >= 0.3 is 0 Å². The lowest BCUT2D eigenvalue weighted by Crippen LogP contribution is -2.23. The largest absolute Gasteiger partial charge is 0.352 e. The van der Waals surface area contributed by atoms with Crippen LogP contribution in [0.25, 0.3) is 0 Å². The number of hydrogen-bond acceptors (Lipinski definition) is 4. The molecule has 0 aromatic carbocycles. The molecule has 0 aliphatic heterocycles. The Balaban J connectivity index is 2.09. The van der Waals surface area contributed by atoms with Gasteiger partial charge < -0.3 is 10.2 Å². The van der Waals surface area contributed by atoms with Crippen LogP contribution in [0.5, 0.6) is 0 Å². The molecule has 0 aliphatic carbocycles. The molecule has 21 heavy (non-hydrogen) atoms. The summed E-state index contributed by atoms with van der Waals surface area (Å²) in [6, 6.07) is 6.88. The van der Waals surface area contributed by atoms with Crippen molar-refractivity contribution in [2.75, 3.05) is 18.5 Å². The van der Waals surface area contributed by atoms with E-state index in [9.17, 15) is 0 Å². The first-order valence-electron chi connectivity index (χ1n) is 7.56. The summed E-state index contributed by atoms with van der Waals surface area (Å²) in [5.41, 5.74) is 2.48. The van der Waals surface area contributed by atoms with Crippen molar-refractivity contribution in [1.82, 2.24) is 10.3 Å². The average molecular weight is 303 g/mol. The van der Waals surface area contributed by atoms with E-state index in [1.54, 1.807) is 11.3 Å². The maximum Gasteiger partial charge on any atom is 0.131 e. The molecular formula is C17H25N3S. The van der Waals surface area contributed by atoms with E-state index in [2.05, 4.69) is 66.6 Å². The predicted octanol–water partition coefficient (Wildman–Crippen LogP) is 4.15. The van der Waals surface area contributed by atoms with Gasteiger partial charge in [0.15, 0.2) is 0 Å². The molecule has 0 radical (unpaired) electrons. The third kappa shape index (κ3) is 4.05. The van der Waals surface area contributed by atoms with Gasteiger partial charge in [-0.05, 0) is 55.5 Å². The molecule has 2 aromatic rings. The predicted molar refractivity (Wildman–Crippen MR) is 92.1 cm³/mol. The number of nitrogens with one attached hydrogen (secondary N) is 1. The molecule has 2 aromatic heterocycles. The molecule has 0 spiro atoms. The molecule has 0 amide bonds. The van der Waals surface area contributed by atoms with Crippen LogP contribution in [0, 0.1) is 6.92 Å². The molecule has 114 valence electrons. The Bertz CT molecular complexity index is 551. The van der Waals surface area contributed by atoms with E-state index < -0.39 is 0 Å². The average Bonchev–Trinajstić information content (AvgIpc) is 3.00. The van der Waals surface area contributed by atoms with Crippen LogP contribution in [0.3, 0.4) is 0 Å². The number of nitrogens with zero attached hydrogens (tertiary/aromatic N) is 2. The van der Waals surface area contributed by atoms with Crippen molar-refractivity contribution in [2.45, 2.75) is 39.8 Å². The summed E-state index contributed by atoms with van der Waals surface area (Å²) < 4.78 is 0. The third-order valence-electron chi connectivity index (χ3n) is 3.73. The van der Waals surface area contributed by atoms with Gasteiger partial charge in [-0.15, -0.1) is 11.3 Å². The van der Waals surface area contributed by atoms with Crippen molar-refractivity contribution in [3.8, 4) is 0 Å². The molecule has 3 nitrogen and oxygen atoms in total. The monoisotopic (exact) mass is 303 g/mol. The molecule has 0 fully saturated rings. The number of hydrogen-bond donors (Lipinski definition) is 1. The zero-order valence-electron chi connectivity index (χ0n) is 13.4. The molecule has 2 heterocycles. The number of rotatable bonds is 7. The fourth-order valence-electron chi connectivity index (χ4n) is 2.40. The van der Waals surface area contributed by atoms with Gasteiger partial charge in [0.25, 0.3) is 0 Å². The number of anilines is 1. The highest BCUT2D eigenvalue weighted by molar-refractivity contribution is 7.10. The van der Waals surface area contributed by atoms with Gasteiger partial charge in [-0.25, -0.2) is 4.98 Å². The van der Waals surface area contributed by atoms with Crippen molar-refractivity contribution in [3.63, 3.8) is 0 Å². The van der Waals surface area contributed by atoms with Crippen LogP contribution in [0.2, 0.25) is 0 Å². The van der Waals surface area contributed by atoms with Crippen molar-refractivity contribution in [1.29, 1.82) is 0 Å². The molecular weight excluding hydrogens is 278 g/mol. The molecule has 0 saturated heterocycles. The first-order chi connectivity index (χ1) is 10.1. The van der Waals surface area contributed by atoms with Gasteiger partial charge in [0.05, 0.1) is 6.04 Å². The lowest BCUT2D eigenvalue weighted by Gasteiger charge is -2.26. The first-order valence-corrected chi connectivity index (χ1v) is 8.44. The van der Waals surface area contributed by atoms with E-state index in [1.807, 2.05) is 6.20 Å². The highest BCUT2D eigenvalue weighted by atomic mass is 32.1. The summed E-state index contributed by atoms with van der Waals surface area (Å²) in [6.07, 6.45) is 3.15. The van der Waals surface area contributed by atoms with Crippen LogP contribution >= 0.6 is 11.3 Å². The minimum absolute atomic E-state index is 0.347. The number of thiophene rings is 1. The Hall–Kier alpha value is -1.39. The number of aromatic nitrogens is 1. The Labute approximate surface area is 132 Å².